The predicted molar refractivity (Wildman–Crippen MR) is 130 cm³/mol. The summed E-state index contributed by atoms with van der Waals surface area (Å²) >= 11 is 0. The molecule has 0 spiro atoms. The normalized spacial score (nSPS) is 28.2. The molecule has 0 amide bonds. The summed E-state index contributed by atoms with van der Waals surface area (Å²) < 4.78 is 6.01. The van der Waals surface area contributed by atoms with Crippen LogP contribution in [0.15, 0.2) is 23.8 Å². The molecule has 0 aromatic rings. The highest BCUT2D eigenvalue weighted by molar-refractivity contribution is 5.21. The molecule has 1 fully saturated rings. The van der Waals surface area contributed by atoms with E-state index >= 15 is 0 Å². The van der Waals surface area contributed by atoms with Crippen molar-refractivity contribution in [1.82, 2.24) is 4.90 Å². The van der Waals surface area contributed by atoms with Crippen molar-refractivity contribution in [3.63, 3.8) is 0 Å². The highest BCUT2D eigenvalue weighted by atomic mass is 16.5. The highest BCUT2D eigenvalue weighted by Gasteiger charge is 2.43. The Morgan fingerprint density at radius 2 is 1.94 bits per heavy atom. The maximum absolute atomic E-state index is 10.6. The second-order valence-corrected chi connectivity index (χ2v) is 10.8. The lowest BCUT2D eigenvalue weighted by atomic mass is 9.88. The number of hydrogen-bond donors (Lipinski definition) is 2. The Hall–Kier alpha value is -0.680. The Morgan fingerprint density at radius 1 is 1.23 bits per heavy atom. The van der Waals surface area contributed by atoms with Gasteiger partial charge in [-0.25, -0.2) is 0 Å². The third kappa shape index (κ3) is 8.31. The van der Waals surface area contributed by atoms with Crippen LogP contribution in [0.5, 0.6) is 0 Å². The van der Waals surface area contributed by atoms with Crippen molar-refractivity contribution < 1.29 is 14.9 Å². The smallest absolute Gasteiger partial charge is 0.0676 e. The van der Waals surface area contributed by atoms with Crippen LogP contribution in [0, 0.1) is 17.8 Å². The van der Waals surface area contributed by atoms with Gasteiger partial charge < -0.3 is 14.9 Å². The molecule has 2 N–H and O–H groups in total. The van der Waals surface area contributed by atoms with Crippen molar-refractivity contribution in [3.8, 4) is 0 Å². The molecule has 0 radical (unpaired) electrons. The molecule has 0 unspecified atom stereocenters. The first kappa shape index (κ1) is 26.6. The van der Waals surface area contributed by atoms with Crippen molar-refractivity contribution in [2.24, 2.45) is 17.8 Å². The van der Waals surface area contributed by atoms with Gasteiger partial charge in [0, 0.05) is 31.2 Å². The number of nitrogens with zero attached hydrogens (tertiary/aromatic N) is 1. The Bertz CT molecular complexity index is 573. The first-order valence-electron chi connectivity index (χ1n) is 12.7. The maximum atomic E-state index is 10.6. The molecule has 5 atom stereocenters. The molecular formula is C27H49NO3. The number of fused-ring (bicyclic) bond motifs is 1. The van der Waals surface area contributed by atoms with Gasteiger partial charge >= 0.3 is 0 Å². The molecule has 0 bridgehead atoms. The second-order valence-electron chi connectivity index (χ2n) is 10.8. The molecule has 31 heavy (non-hydrogen) atoms. The van der Waals surface area contributed by atoms with Crippen LogP contribution in [0.2, 0.25) is 0 Å². The van der Waals surface area contributed by atoms with Crippen LogP contribution in [-0.2, 0) is 4.74 Å². The van der Waals surface area contributed by atoms with Crippen LogP contribution < -0.4 is 0 Å². The van der Waals surface area contributed by atoms with Crippen LogP contribution in [0.3, 0.4) is 0 Å². The SMILES string of the molecule is CCCC[C@](C)(O)CC=C[C@@H]1[C@H]2CC(COCCCN(C(C)C)C(C)C)=C[C@H]2C[C@H]1O. The molecule has 2 rings (SSSR count). The van der Waals surface area contributed by atoms with Crippen molar-refractivity contribution in [3.05, 3.63) is 23.8 Å². The number of ether oxygens (including phenoxy) is 1. The fourth-order valence-electron chi connectivity index (χ4n) is 5.52. The number of unbranched alkanes of at least 4 members (excludes halogenated alkanes) is 1. The fourth-order valence-corrected chi connectivity index (χ4v) is 5.52. The van der Waals surface area contributed by atoms with E-state index in [0.717, 1.165) is 58.3 Å². The number of aliphatic hydroxyl groups is 2. The number of hydrogen-bond acceptors (Lipinski definition) is 4. The van der Waals surface area contributed by atoms with Gasteiger partial charge in [-0.05, 0) is 84.1 Å². The molecule has 2 aliphatic rings. The Morgan fingerprint density at radius 3 is 2.58 bits per heavy atom. The van der Waals surface area contributed by atoms with Crippen molar-refractivity contribution in [2.45, 2.75) is 110 Å². The van der Waals surface area contributed by atoms with Gasteiger partial charge in [0.05, 0.1) is 18.3 Å². The lowest BCUT2D eigenvalue weighted by Crippen LogP contribution is -2.38. The van der Waals surface area contributed by atoms with E-state index in [0.29, 0.717) is 30.3 Å². The topological polar surface area (TPSA) is 52.9 Å². The summed E-state index contributed by atoms with van der Waals surface area (Å²) in [7, 11) is 0. The Kier molecular flexibility index (Phi) is 10.7. The summed E-state index contributed by atoms with van der Waals surface area (Å²) in [5, 5.41) is 21.1. The zero-order chi connectivity index (χ0) is 23.0. The quantitative estimate of drug-likeness (QED) is 0.285. The summed E-state index contributed by atoms with van der Waals surface area (Å²) in [6.45, 7) is 15.7. The Balaban J connectivity index is 1.74. The van der Waals surface area contributed by atoms with Crippen LogP contribution in [0.4, 0.5) is 0 Å². The minimum atomic E-state index is -0.636. The molecule has 4 nitrogen and oxygen atoms in total. The van der Waals surface area contributed by atoms with Gasteiger partial charge in [0.25, 0.3) is 0 Å². The molecule has 4 heteroatoms. The van der Waals surface area contributed by atoms with Gasteiger partial charge in [-0.1, -0.05) is 38.0 Å². The summed E-state index contributed by atoms with van der Waals surface area (Å²) in [5.41, 5.74) is 0.767. The summed E-state index contributed by atoms with van der Waals surface area (Å²) in [6.07, 6.45) is 13.0. The third-order valence-corrected chi connectivity index (χ3v) is 7.25. The van der Waals surface area contributed by atoms with Crippen molar-refractivity contribution >= 4 is 0 Å². The standard InChI is InChI=1S/C27H49NO3/c1-7-8-12-27(6,30)13-9-11-24-25-17-22(16-23(25)18-26(24)29)19-31-15-10-14-28(20(2)3)21(4)5/h9,11,16,20-21,23-26,29-30H,7-8,10,12-15,17-19H2,1-6H3/t23-,24+,25-,26+,27-/m0/s1. The minimum Gasteiger partial charge on any atom is -0.392 e. The van der Waals surface area contributed by atoms with E-state index in [2.05, 4.69) is 57.7 Å². The largest absolute Gasteiger partial charge is 0.392 e. The number of allylic oxidation sites excluding steroid dienone is 1. The van der Waals surface area contributed by atoms with Gasteiger partial charge in [0.1, 0.15) is 0 Å². The van der Waals surface area contributed by atoms with E-state index in [1.54, 1.807) is 0 Å². The lowest BCUT2D eigenvalue weighted by molar-refractivity contribution is 0.0513. The molecule has 1 saturated carbocycles. The maximum Gasteiger partial charge on any atom is 0.0676 e. The van der Waals surface area contributed by atoms with Crippen molar-refractivity contribution in [2.75, 3.05) is 19.8 Å². The predicted octanol–water partition coefficient (Wildman–Crippen LogP) is 5.34. The average molecular weight is 436 g/mol. The summed E-state index contributed by atoms with van der Waals surface area (Å²) in [6, 6.07) is 1.15. The van der Waals surface area contributed by atoms with E-state index in [1.807, 2.05) is 6.92 Å². The van der Waals surface area contributed by atoms with E-state index in [4.69, 9.17) is 4.74 Å². The van der Waals surface area contributed by atoms with E-state index in [9.17, 15) is 10.2 Å². The van der Waals surface area contributed by atoms with Gasteiger partial charge in [-0.15, -0.1) is 0 Å². The summed E-state index contributed by atoms with van der Waals surface area (Å²) in [5.74, 6) is 1.16. The number of aliphatic hydroxyl groups excluding tert-OH is 1. The molecule has 0 heterocycles. The van der Waals surface area contributed by atoms with Gasteiger partial charge in [0.2, 0.25) is 0 Å². The van der Waals surface area contributed by atoms with Crippen LogP contribution in [-0.4, -0.2) is 58.7 Å². The van der Waals surface area contributed by atoms with Gasteiger partial charge in [-0.3, -0.25) is 4.90 Å². The van der Waals surface area contributed by atoms with E-state index < -0.39 is 5.60 Å². The molecule has 180 valence electrons. The van der Waals surface area contributed by atoms with E-state index in [1.165, 1.54) is 5.57 Å². The number of rotatable bonds is 14. The van der Waals surface area contributed by atoms with Crippen LogP contribution in [0.1, 0.15) is 86.5 Å². The van der Waals surface area contributed by atoms with Crippen LogP contribution >= 0.6 is 0 Å². The first-order valence-corrected chi connectivity index (χ1v) is 12.7. The molecular weight excluding hydrogens is 386 g/mol. The molecule has 0 aromatic heterocycles. The molecule has 0 aliphatic heterocycles. The Labute approximate surface area is 191 Å². The zero-order valence-electron chi connectivity index (χ0n) is 21.0. The first-order chi connectivity index (χ1) is 14.6. The average Bonchev–Trinajstić information content (AvgIpc) is 3.19. The fraction of sp³-hybridized carbons (Fsp3) is 0.852. The third-order valence-electron chi connectivity index (χ3n) is 7.25. The van der Waals surface area contributed by atoms with Gasteiger partial charge in [-0.2, -0.15) is 0 Å². The van der Waals surface area contributed by atoms with E-state index in [-0.39, 0.29) is 12.0 Å². The second kappa shape index (κ2) is 12.5. The van der Waals surface area contributed by atoms with Crippen LogP contribution in [0.25, 0.3) is 0 Å². The zero-order valence-corrected chi connectivity index (χ0v) is 21.0. The van der Waals surface area contributed by atoms with Crippen molar-refractivity contribution in [1.29, 1.82) is 0 Å². The molecule has 0 saturated heterocycles. The molecule has 2 aliphatic carbocycles. The highest BCUT2D eigenvalue weighted by Crippen LogP contribution is 2.47. The molecule has 0 aromatic carbocycles. The lowest BCUT2D eigenvalue weighted by Gasteiger charge is -2.30. The minimum absolute atomic E-state index is 0.200. The summed E-state index contributed by atoms with van der Waals surface area (Å²) in [4.78, 5) is 2.51. The monoisotopic (exact) mass is 435 g/mol. The van der Waals surface area contributed by atoms with Gasteiger partial charge in [0.15, 0.2) is 0 Å².